The average Bonchev–Trinajstić information content (AvgIpc) is 4.00. The number of rotatable bonds is 4. The number of benzene rings is 2. The van der Waals surface area contributed by atoms with Crippen molar-refractivity contribution < 1.29 is 14.2 Å². The van der Waals surface area contributed by atoms with Crippen molar-refractivity contribution in [2.75, 3.05) is 6.61 Å². The van der Waals surface area contributed by atoms with Crippen LogP contribution in [0.5, 0.6) is 0 Å². The molecular weight excluding hydrogens is 833 g/mol. The fourth-order valence-corrected chi connectivity index (χ4v) is 9.60. The summed E-state index contributed by atoms with van der Waals surface area (Å²) >= 11 is 7.09. The molecule has 57 heavy (non-hydrogen) atoms. The lowest BCUT2D eigenvalue weighted by atomic mass is 10.0. The van der Waals surface area contributed by atoms with Gasteiger partial charge in [0.2, 0.25) is 0 Å². The first-order valence-electron chi connectivity index (χ1n) is 19.0. The van der Waals surface area contributed by atoms with E-state index in [1.54, 1.807) is 22.7 Å². The molecule has 13 heteroatoms. The highest BCUT2D eigenvalue weighted by atomic mass is 79.9. The maximum atomic E-state index is 5.81. The molecule has 3 aliphatic rings. The largest absolute Gasteiger partial charge is 0.379 e. The van der Waals surface area contributed by atoms with Crippen molar-refractivity contribution in [3.63, 3.8) is 0 Å². The van der Waals surface area contributed by atoms with E-state index >= 15 is 0 Å². The minimum atomic E-state index is -1.10. The Kier molecular flexibility index (Phi) is 14.5. The third kappa shape index (κ3) is 10.7. The average molecular weight is 882 g/mol. The van der Waals surface area contributed by atoms with Gasteiger partial charge in [-0.2, -0.15) is 0 Å². The van der Waals surface area contributed by atoms with Crippen molar-refractivity contribution >= 4 is 46.7 Å². The van der Waals surface area contributed by atoms with E-state index < -0.39 is 8.07 Å². The van der Waals surface area contributed by atoms with Crippen molar-refractivity contribution in [3.8, 4) is 34.3 Å². The number of aryl methyl sites for hydroxylation is 2. The lowest BCUT2D eigenvalue weighted by Crippen LogP contribution is -2.15. The SMILES string of the molecule is C#C[Si](C)(C)C.C#Cc1sc2c(c1Cc1ccccc1)COCc1nnc(C)n1-2.CC1CCCO1.Cc1nnc2n1-c1sc(Br)c(Cc3ccccc3)c1COC2. The summed E-state index contributed by atoms with van der Waals surface area (Å²) in [6, 6.07) is 20.9. The third-order valence-corrected chi connectivity index (χ3v) is 13.5. The number of thiophene rings is 2. The van der Waals surface area contributed by atoms with Crippen molar-refractivity contribution in [1.82, 2.24) is 29.5 Å². The van der Waals surface area contributed by atoms with E-state index in [0.29, 0.717) is 32.5 Å². The number of aromatic nitrogens is 6. The van der Waals surface area contributed by atoms with Gasteiger partial charge < -0.3 is 14.2 Å². The zero-order valence-electron chi connectivity index (χ0n) is 33.5. The van der Waals surface area contributed by atoms with Gasteiger partial charge in [-0.15, -0.1) is 61.5 Å². The Morgan fingerprint density at radius 1 is 0.754 bits per heavy atom. The molecule has 1 fully saturated rings. The van der Waals surface area contributed by atoms with Crippen LogP contribution in [0.4, 0.5) is 0 Å². The van der Waals surface area contributed by atoms with Gasteiger partial charge in [0.1, 0.15) is 42.9 Å². The second kappa shape index (κ2) is 19.5. The van der Waals surface area contributed by atoms with E-state index in [2.05, 4.69) is 132 Å². The van der Waals surface area contributed by atoms with Gasteiger partial charge in [0, 0.05) is 17.7 Å². The summed E-state index contributed by atoms with van der Waals surface area (Å²) < 4.78 is 22.1. The maximum Gasteiger partial charge on any atom is 0.164 e. The van der Waals surface area contributed by atoms with Crippen LogP contribution in [-0.4, -0.2) is 50.3 Å². The fourth-order valence-electron chi connectivity index (χ4n) is 6.44. The fraction of sp³-hybridized carbons (Fsp3) is 0.364. The van der Waals surface area contributed by atoms with Gasteiger partial charge in [-0.3, -0.25) is 9.13 Å². The molecule has 9 nitrogen and oxygen atoms in total. The summed E-state index contributed by atoms with van der Waals surface area (Å²) in [7, 11) is -1.10. The third-order valence-electron chi connectivity index (χ3n) is 9.46. The number of nitrogens with zero attached hydrogens (tertiary/aromatic N) is 6. The summed E-state index contributed by atoms with van der Waals surface area (Å²) in [5, 5.41) is 19.1. The highest BCUT2D eigenvalue weighted by Crippen LogP contribution is 2.40. The zero-order valence-corrected chi connectivity index (χ0v) is 37.7. The minimum absolute atomic E-state index is 0.471. The maximum absolute atomic E-state index is 5.81. The lowest BCUT2D eigenvalue weighted by Gasteiger charge is -2.06. The van der Waals surface area contributed by atoms with E-state index in [1.165, 1.54) is 45.7 Å². The van der Waals surface area contributed by atoms with Crippen LogP contribution in [0.3, 0.4) is 0 Å². The van der Waals surface area contributed by atoms with Gasteiger partial charge in [-0.05, 0) is 84.6 Å². The van der Waals surface area contributed by atoms with Crippen LogP contribution >= 0.6 is 38.6 Å². The van der Waals surface area contributed by atoms with E-state index in [4.69, 9.17) is 27.1 Å². The van der Waals surface area contributed by atoms with Crippen molar-refractivity contribution in [1.29, 1.82) is 0 Å². The topological polar surface area (TPSA) is 89.1 Å². The Balaban J connectivity index is 0.000000150. The van der Waals surface area contributed by atoms with Gasteiger partial charge >= 0.3 is 0 Å². The minimum Gasteiger partial charge on any atom is -0.379 e. The molecule has 296 valence electrons. The molecule has 0 bridgehead atoms. The number of halogens is 1. The molecule has 1 saturated heterocycles. The Bertz CT molecular complexity index is 2340. The van der Waals surface area contributed by atoms with Crippen LogP contribution in [0, 0.1) is 38.2 Å². The highest BCUT2D eigenvalue weighted by Gasteiger charge is 2.26. The smallest absolute Gasteiger partial charge is 0.164 e. The molecule has 0 radical (unpaired) electrons. The Morgan fingerprint density at radius 3 is 1.68 bits per heavy atom. The molecule has 0 aliphatic carbocycles. The summed E-state index contributed by atoms with van der Waals surface area (Å²) in [5.74, 6) is 6.32. The zero-order chi connectivity index (χ0) is 40.5. The van der Waals surface area contributed by atoms with Gasteiger partial charge in [-0.25, -0.2) is 0 Å². The molecule has 4 aromatic heterocycles. The number of hydrogen-bond acceptors (Lipinski definition) is 9. The molecule has 1 atom stereocenters. The molecule has 7 heterocycles. The monoisotopic (exact) mass is 880 g/mol. The van der Waals surface area contributed by atoms with Crippen LogP contribution in [0.1, 0.15) is 81.3 Å². The lowest BCUT2D eigenvalue weighted by molar-refractivity contribution is 0.104. The molecule has 9 rings (SSSR count). The number of ether oxygens (including phenoxy) is 3. The van der Waals surface area contributed by atoms with Crippen molar-refractivity contribution in [2.45, 2.75) is 98.6 Å². The standard InChI is InChI=1S/C18H15N3OS.C16H14BrN3OS.C5H10O.C5H10Si/c1-3-16-14(9-13-7-5-4-6-8-13)15-10-22-11-17-20-19-12(2)21(17)18(15)23-16;1-10-18-19-14-9-21-8-13-12(7-11-5-3-2-4-6-11)15(17)22-16(13)20(10)14;1-5-3-2-4-6-5;1-5-6(2,3)4/h1,4-8H,9-11H2,2H3;2-6H,7-9H2,1H3;5H,2-4H2,1H3;1H,2-4H3. The number of fused-ring (bicyclic) bond motifs is 6. The molecule has 2 aromatic carbocycles. The molecule has 0 saturated carbocycles. The van der Waals surface area contributed by atoms with Gasteiger partial charge in [0.25, 0.3) is 0 Å². The molecule has 0 amide bonds. The van der Waals surface area contributed by atoms with Crippen LogP contribution in [0.25, 0.3) is 10.0 Å². The normalized spacial score (nSPS) is 15.2. The van der Waals surface area contributed by atoms with Crippen LogP contribution in [-0.2, 0) is 53.5 Å². The van der Waals surface area contributed by atoms with Crippen LogP contribution in [0.15, 0.2) is 64.5 Å². The highest BCUT2D eigenvalue weighted by molar-refractivity contribution is 9.11. The number of terminal acetylenes is 2. The number of hydrogen-bond donors (Lipinski definition) is 0. The van der Waals surface area contributed by atoms with Crippen LogP contribution in [0.2, 0.25) is 19.6 Å². The molecule has 1 unspecified atom stereocenters. The summed E-state index contributed by atoms with van der Waals surface area (Å²) in [6.45, 7) is 15.6. The van der Waals surface area contributed by atoms with Crippen molar-refractivity contribution in [2.24, 2.45) is 0 Å². The predicted octanol–water partition coefficient (Wildman–Crippen LogP) is 9.94. The Morgan fingerprint density at radius 2 is 1.25 bits per heavy atom. The molecule has 3 aliphatic heterocycles. The summed E-state index contributed by atoms with van der Waals surface area (Å²) in [6.07, 6.45) is 15.7. The van der Waals surface area contributed by atoms with E-state index in [1.807, 2.05) is 26.0 Å². The Hall–Kier alpha value is -4.18. The first-order valence-corrected chi connectivity index (χ1v) is 25.0. The quantitative estimate of drug-likeness (QED) is 0.129. The molecule has 0 N–H and O–H groups in total. The van der Waals surface area contributed by atoms with E-state index in [-0.39, 0.29) is 0 Å². The second-order valence-electron chi connectivity index (χ2n) is 15.0. The van der Waals surface area contributed by atoms with Gasteiger partial charge in [0.15, 0.2) is 11.6 Å². The van der Waals surface area contributed by atoms with Crippen LogP contribution < -0.4 is 0 Å². The summed E-state index contributed by atoms with van der Waals surface area (Å²) in [4.78, 5) is 0.961. The first-order chi connectivity index (χ1) is 27.5. The van der Waals surface area contributed by atoms with Crippen molar-refractivity contribution in [3.05, 3.63) is 126 Å². The van der Waals surface area contributed by atoms with E-state index in [9.17, 15) is 0 Å². The predicted molar refractivity (Wildman–Crippen MR) is 236 cm³/mol. The Labute approximate surface area is 354 Å². The van der Waals surface area contributed by atoms with Gasteiger partial charge in [-0.1, -0.05) is 86.2 Å². The molecular formula is C44H49BrN6O3S2Si. The second-order valence-corrected chi connectivity index (χ2v) is 23.1. The molecule has 6 aromatic rings. The van der Waals surface area contributed by atoms with Gasteiger partial charge in [0.05, 0.1) is 28.0 Å². The first kappa shape index (κ1) is 42.4. The summed E-state index contributed by atoms with van der Waals surface area (Å²) in [5.41, 5.74) is 10.2. The van der Waals surface area contributed by atoms with E-state index in [0.717, 1.165) is 62.0 Å². The molecule has 0 spiro atoms.